The zero-order chi connectivity index (χ0) is 18.8. The van der Waals surface area contributed by atoms with E-state index in [-0.39, 0.29) is 0 Å². The molecule has 0 bridgehead atoms. The minimum Gasteiger partial charge on any atom is -0.492 e. The van der Waals surface area contributed by atoms with Gasteiger partial charge in [0.2, 0.25) is 5.95 Å². The minimum absolute atomic E-state index is 0.361. The minimum atomic E-state index is 0.361. The maximum Gasteiger partial charge on any atom is 0.229 e. The van der Waals surface area contributed by atoms with Gasteiger partial charge in [0.05, 0.1) is 12.3 Å². The van der Waals surface area contributed by atoms with Gasteiger partial charge in [-0.15, -0.1) is 0 Å². The monoisotopic (exact) mass is 360 g/mol. The molecule has 0 spiro atoms. The predicted molar refractivity (Wildman–Crippen MR) is 109 cm³/mol. The average Bonchev–Trinajstić information content (AvgIpc) is 2.99. The number of fused-ring (bicyclic) bond motifs is 1. The van der Waals surface area contributed by atoms with Crippen molar-refractivity contribution in [3.8, 4) is 5.75 Å². The highest BCUT2D eigenvalue weighted by atomic mass is 16.5. The van der Waals surface area contributed by atoms with E-state index in [4.69, 9.17) is 9.72 Å². The Morgan fingerprint density at radius 1 is 1.11 bits per heavy atom. The summed E-state index contributed by atoms with van der Waals surface area (Å²) in [4.78, 5) is 11.7. The SMILES string of the molecule is CCOc1ccccc1Nc1nc(C)cc(N2c3ccccc3CC2C)n1. The van der Waals surface area contributed by atoms with E-state index in [0.29, 0.717) is 18.6 Å². The number of para-hydroxylation sites is 3. The molecule has 1 aliphatic rings. The summed E-state index contributed by atoms with van der Waals surface area (Å²) in [6, 6.07) is 18.8. The number of rotatable bonds is 5. The lowest BCUT2D eigenvalue weighted by Gasteiger charge is -2.24. The van der Waals surface area contributed by atoms with Crippen LogP contribution in [0.5, 0.6) is 5.75 Å². The number of aryl methyl sites for hydroxylation is 1. The Kier molecular flexibility index (Phi) is 4.67. The molecule has 2 heterocycles. The molecule has 1 N–H and O–H groups in total. The summed E-state index contributed by atoms with van der Waals surface area (Å²) in [5.74, 6) is 2.29. The second-order valence-electron chi connectivity index (χ2n) is 6.80. The van der Waals surface area contributed by atoms with E-state index >= 15 is 0 Å². The van der Waals surface area contributed by atoms with Crippen molar-refractivity contribution in [3.63, 3.8) is 0 Å². The molecule has 5 nitrogen and oxygen atoms in total. The van der Waals surface area contributed by atoms with Gasteiger partial charge < -0.3 is 15.0 Å². The highest BCUT2D eigenvalue weighted by Gasteiger charge is 2.28. The van der Waals surface area contributed by atoms with Gasteiger partial charge in [0.1, 0.15) is 11.6 Å². The van der Waals surface area contributed by atoms with Gasteiger partial charge in [-0.1, -0.05) is 30.3 Å². The van der Waals surface area contributed by atoms with Crippen LogP contribution in [0.3, 0.4) is 0 Å². The molecule has 0 saturated heterocycles. The van der Waals surface area contributed by atoms with Crippen LogP contribution in [0.1, 0.15) is 25.1 Å². The Morgan fingerprint density at radius 3 is 2.74 bits per heavy atom. The molecule has 3 aromatic rings. The molecule has 1 aliphatic heterocycles. The van der Waals surface area contributed by atoms with Crippen LogP contribution in [-0.4, -0.2) is 22.6 Å². The van der Waals surface area contributed by atoms with E-state index in [0.717, 1.165) is 29.4 Å². The zero-order valence-corrected chi connectivity index (χ0v) is 15.9. The average molecular weight is 360 g/mol. The highest BCUT2D eigenvalue weighted by Crippen LogP contribution is 2.38. The molecule has 0 fully saturated rings. The Morgan fingerprint density at radius 2 is 1.89 bits per heavy atom. The molecule has 138 valence electrons. The number of hydrogen-bond donors (Lipinski definition) is 1. The number of anilines is 4. The van der Waals surface area contributed by atoms with Crippen LogP contribution in [0.15, 0.2) is 54.6 Å². The Balaban J connectivity index is 1.69. The van der Waals surface area contributed by atoms with Crippen molar-refractivity contribution < 1.29 is 4.74 Å². The number of ether oxygens (including phenoxy) is 1. The van der Waals surface area contributed by atoms with Crippen LogP contribution in [0, 0.1) is 6.92 Å². The number of aromatic nitrogens is 2. The fourth-order valence-corrected chi connectivity index (χ4v) is 3.62. The third-order valence-electron chi connectivity index (χ3n) is 4.73. The summed E-state index contributed by atoms with van der Waals surface area (Å²) in [5.41, 5.74) is 4.37. The van der Waals surface area contributed by atoms with E-state index in [1.54, 1.807) is 0 Å². The lowest BCUT2D eigenvalue weighted by atomic mass is 10.1. The van der Waals surface area contributed by atoms with Crippen LogP contribution < -0.4 is 15.0 Å². The van der Waals surface area contributed by atoms with Gasteiger partial charge in [0, 0.05) is 23.5 Å². The summed E-state index contributed by atoms with van der Waals surface area (Å²) >= 11 is 0. The third-order valence-corrected chi connectivity index (χ3v) is 4.73. The van der Waals surface area contributed by atoms with E-state index < -0.39 is 0 Å². The number of hydrogen-bond acceptors (Lipinski definition) is 5. The van der Waals surface area contributed by atoms with Gasteiger partial charge in [-0.3, -0.25) is 0 Å². The molecule has 0 amide bonds. The van der Waals surface area contributed by atoms with Crippen molar-refractivity contribution in [1.82, 2.24) is 9.97 Å². The van der Waals surface area contributed by atoms with E-state index in [9.17, 15) is 0 Å². The molecule has 0 aliphatic carbocycles. The normalized spacial score (nSPS) is 15.5. The molecule has 1 aromatic heterocycles. The summed E-state index contributed by atoms with van der Waals surface area (Å²) in [5, 5.41) is 3.33. The van der Waals surface area contributed by atoms with Crippen LogP contribution in [-0.2, 0) is 6.42 Å². The van der Waals surface area contributed by atoms with Crippen molar-refractivity contribution >= 4 is 23.1 Å². The Hall–Kier alpha value is -3.08. The van der Waals surface area contributed by atoms with Crippen LogP contribution >= 0.6 is 0 Å². The third kappa shape index (κ3) is 3.45. The number of benzene rings is 2. The smallest absolute Gasteiger partial charge is 0.229 e. The maximum absolute atomic E-state index is 5.70. The molecular weight excluding hydrogens is 336 g/mol. The molecular formula is C22H24N4O. The summed E-state index contributed by atoms with van der Waals surface area (Å²) in [7, 11) is 0. The summed E-state index contributed by atoms with van der Waals surface area (Å²) < 4.78 is 5.70. The van der Waals surface area contributed by atoms with E-state index in [1.165, 1.54) is 11.3 Å². The molecule has 4 rings (SSSR count). The van der Waals surface area contributed by atoms with Gasteiger partial charge in [-0.25, -0.2) is 4.98 Å². The standard InChI is InChI=1S/C22H24N4O/c1-4-27-20-12-8-6-10-18(20)24-22-23-15(2)13-21(25-22)26-16(3)14-17-9-5-7-11-19(17)26/h5-13,16H,4,14H2,1-3H3,(H,23,24,25). The molecule has 0 saturated carbocycles. The van der Waals surface area contributed by atoms with Crippen molar-refractivity contribution in [2.24, 2.45) is 0 Å². The Labute approximate surface area is 160 Å². The summed E-state index contributed by atoms with van der Waals surface area (Å²) in [6.07, 6.45) is 1.02. The predicted octanol–water partition coefficient (Wildman–Crippen LogP) is 5.01. The first-order valence-electron chi connectivity index (χ1n) is 9.37. The fourth-order valence-electron chi connectivity index (χ4n) is 3.62. The second-order valence-corrected chi connectivity index (χ2v) is 6.80. The van der Waals surface area contributed by atoms with Crippen molar-refractivity contribution in [2.45, 2.75) is 33.2 Å². The van der Waals surface area contributed by atoms with Gasteiger partial charge >= 0.3 is 0 Å². The maximum atomic E-state index is 5.70. The lowest BCUT2D eigenvalue weighted by Crippen LogP contribution is -2.25. The van der Waals surface area contributed by atoms with Crippen LogP contribution in [0.4, 0.5) is 23.1 Å². The first kappa shape index (κ1) is 17.3. The molecule has 1 atom stereocenters. The molecule has 0 radical (unpaired) electrons. The largest absolute Gasteiger partial charge is 0.492 e. The molecule has 27 heavy (non-hydrogen) atoms. The van der Waals surface area contributed by atoms with E-state index in [2.05, 4.69) is 46.4 Å². The van der Waals surface area contributed by atoms with Crippen molar-refractivity contribution in [3.05, 3.63) is 65.9 Å². The first-order chi connectivity index (χ1) is 13.2. The second kappa shape index (κ2) is 7.27. The first-order valence-corrected chi connectivity index (χ1v) is 9.37. The van der Waals surface area contributed by atoms with Gasteiger partial charge in [-0.2, -0.15) is 4.98 Å². The molecule has 2 aromatic carbocycles. The van der Waals surface area contributed by atoms with Gasteiger partial charge in [0.25, 0.3) is 0 Å². The zero-order valence-electron chi connectivity index (χ0n) is 15.9. The number of nitrogens with zero attached hydrogens (tertiary/aromatic N) is 3. The van der Waals surface area contributed by atoms with Crippen LogP contribution in [0.25, 0.3) is 0 Å². The topological polar surface area (TPSA) is 50.3 Å². The molecule has 1 unspecified atom stereocenters. The van der Waals surface area contributed by atoms with Crippen LogP contribution in [0.2, 0.25) is 0 Å². The van der Waals surface area contributed by atoms with Crippen molar-refractivity contribution in [2.75, 3.05) is 16.8 Å². The van der Waals surface area contributed by atoms with Crippen molar-refractivity contribution in [1.29, 1.82) is 0 Å². The van der Waals surface area contributed by atoms with E-state index in [1.807, 2.05) is 44.2 Å². The fraction of sp³-hybridized carbons (Fsp3) is 0.273. The van der Waals surface area contributed by atoms with Gasteiger partial charge in [0.15, 0.2) is 0 Å². The quantitative estimate of drug-likeness (QED) is 0.693. The molecule has 5 heteroatoms. The lowest BCUT2D eigenvalue weighted by molar-refractivity contribution is 0.342. The number of nitrogens with one attached hydrogen (secondary N) is 1. The highest BCUT2D eigenvalue weighted by molar-refractivity contribution is 5.70. The Bertz CT molecular complexity index is 957. The summed E-state index contributed by atoms with van der Waals surface area (Å²) in [6.45, 7) is 6.82. The van der Waals surface area contributed by atoms with Gasteiger partial charge in [-0.05, 0) is 51.0 Å².